The van der Waals surface area contributed by atoms with Gasteiger partial charge in [0, 0.05) is 0 Å². The summed E-state index contributed by atoms with van der Waals surface area (Å²) in [6.45, 7) is 1.81. The van der Waals surface area contributed by atoms with E-state index in [9.17, 15) is 4.39 Å². The highest BCUT2D eigenvalue weighted by molar-refractivity contribution is 5.85. The van der Waals surface area contributed by atoms with Gasteiger partial charge in [-0.25, -0.2) is 9.07 Å². The molecule has 2 rings (SSSR count). The fourth-order valence-corrected chi connectivity index (χ4v) is 1.25. The molecule has 2 N–H and O–H groups in total. The molecule has 15 heavy (non-hydrogen) atoms. The van der Waals surface area contributed by atoms with Crippen molar-refractivity contribution in [2.45, 2.75) is 6.92 Å². The van der Waals surface area contributed by atoms with Crippen LogP contribution in [0.4, 0.5) is 10.2 Å². The zero-order valence-electron chi connectivity index (χ0n) is 8.01. The van der Waals surface area contributed by atoms with Crippen LogP contribution in [0.25, 0.3) is 5.69 Å². The Balaban J connectivity index is 0.00000112. The molecular formula is C9H10ClFN4. The van der Waals surface area contributed by atoms with Crippen molar-refractivity contribution >= 4 is 18.2 Å². The van der Waals surface area contributed by atoms with Crippen LogP contribution in [0.3, 0.4) is 0 Å². The second-order valence-corrected chi connectivity index (χ2v) is 3.07. The molecule has 0 radical (unpaired) electrons. The maximum atomic E-state index is 13.0. The minimum Gasteiger partial charge on any atom is -0.381 e. The average molecular weight is 229 g/mol. The lowest BCUT2D eigenvalue weighted by atomic mass is 10.2. The normalized spacial score (nSPS) is 9.73. The van der Waals surface area contributed by atoms with Gasteiger partial charge in [0.1, 0.15) is 5.82 Å². The summed E-state index contributed by atoms with van der Waals surface area (Å²) in [5.41, 5.74) is 6.85. The lowest BCUT2D eigenvalue weighted by molar-refractivity contribution is 0.623. The third-order valence-corrected chi connectivity index (χ3v) is 1.80. The molecule has 0 saturated carbocycles. The highest BCUT2D eigenvalue weighted by atomic mass is 35.5. The van der Waals surface area contributed by atoms with Gasteiger partial charge < -0.3 is 5.73 Å². The summed E-state index contributed by atoms with van der Waals surface area (Å²) in [5.74, 6) is 0.0148. The predicted molar refractivity (Wildman–Crippen MR) is 57.7 cm³/mol. The van der Waals surface area contributed by atoms with Gasteiger partial charge in [-0.05, 0) is 30.7 Å². The largest absolute Gasteiger partial charge is 0.381 e. The van der Waals surface area contributed by atoms with Crippen LogP contribution in [-0.4, -0.2) is 15.0 Å². The summed E-state index contributed by atoms with van der Waals surface area (Å²) in [7, 11) is 0. The minimum absolute atomic E-state index is 0. The van der Waals surface area contributed by atoms with Gasteiger partial charge in [0.2, 0.25) is 0 Å². The van der Waals surface area contributed by atoms with Crippen molar-refractivity contribution in [2.75, 3.05) is 5.73 Å². The number of hydrogen-bond acceptors (Lipinski definition) is 3. The van der Waals surface area contributed by atoms with E-state index in [2.05, 4.69) is 10.3 Å². The molecule has 80 valence electrons. The zero-order chi connectivity index (χ0) is 10.1. The Labute approximate surface area is 92.3 Å². The van der Waals surface area contributed by atoms with Crippen molar-refractivity contribution < 1.29 is 4.39 Å². The van der Waals surface area contributed by atoms with Crippen molar-refractivity contribution in [1.82, 2.24) is 15.0 Å². The Morgan fingerprint density at radius 2 is 2.07 bits per heavy atom. The molecule has 0 bridgehead atoms. The summed E-state index contributed by atoms with van der Waals surface area (Å²) < 4.78 is 14.5. The molecule has 6 heteroatoms. The van der Waals surface area contributed by atoms with E-state index in [-0.39, 0.29) is 18.2 Å². The van der Waals surface area contributed by atoms with Gasteiger partial charge in [0.15, 0.2) is 5.82 Å². The number of nitrogens with two attached hydrogens (primary N) is 1. The molecule has 2 aromatic rings. The number of nitrogens with zero attached hydrogens (tertiary/aromatic N) is 3. The van der Waals surface area contributed by atoms with Crippen molar-refractivity contribution in [1.29, 1.82) is 0 Å². The highest BCUT2D eigenvalue weighted by Crippen LogP contribution is 2.12. The fourth-order valence-electron chi connectivity index (χ4n) is 1.25. The summed E-state index contributed by atoms with van der Waals surface area (Å²) in [6.07, 6.45) is 1.54. The summed E-state index contributed by atoms with van der Waals surface area (Å²) in [4.78, 5) is 0. The van der Waals surface area contributed by atoms with Crippen LogP contribution in [0.2, 0.25) is 0 Å². The van der Waals surface area contributed by atoms with Crippen LogP contribution in [-0.2, 0) is 0 Å². The highest BCUT2D eigenvalue weighted by Gasteiger charge is 2.02. The second kappa shape index (κ2) is 4.27. The van der Waals surface area contributed by atoms with E-state index in [0.717, 1.165) is 5.56 Å². The van der Waals surface area contributed by atoms with Crippen molar-refractivity contribution in [3.05, 3.63) is 35.8 Å². The molecule has 0 atom stereocenters. The number of aryl methyl sites for hydroxylation is 1. The quantitative estimate of drug-likeness (QED) is 0.809. The van der Waals surface area contributed by atoms with Gasteiger partial charge in [-0.15, -0.1) is 17.5 Å². The fraction of sp³-hybridized carbons (Fsp3) is 0.111. The molecule has 0 aliphatic heterocycles. The van der Waals surface area contributed by atoms with E-state index < -0.39 is 0 Å². The number of rotatable bonds is 1. The third-order valence-electron chi connectivity index (χ3n) is 1.80. The molecule has 0 unspecified atom stereocenters. The van der Waals surface area contributed by atoms with Crippen molar-refractivity contribution in [3.8, 4) is 5.69 Å². The maximum absolute atomic E-state index is 13.0. The monoisotopic (exact) mass is 228 g/mol. The van der Waals surface area contributed by atoms with E-state index in [4.69, 9.17) is 5.73 Å². The molecule has 0 spiro atoms. The third kappa shape index (κ3) is 2.44. The molecular weight excluding hydrogens is 219 g/mol. The first-order valence-electron chi connectivity index (χ1n) is 4.10. The van der Waals surface area contributed by atoms with Gasteiger partial charge in [0.05, 0.1) is 11.9 Å². The summed E-state index contributed by atoms with van der Waals surface area (Å²) in [6, 6.07) is 4.63. The Bertz CT molecular complexity index is 449. The van der Waals surface area contributed by atoms with E-state index in [1.165, 1.54) is 23.0 Å². The maximum Gasteiger partial charge on any atom is 0.166 e. The SMILES string of the molecule is Cc1cc(F)cc(-n2cc(N)nn2)c1.Cl. The first-order valence-corrected chi connectivity index (χ1v) is 4.10. The van der Waals surface area contributed by atoms with E-state index >= 15 is 0 Å². The van der Waals surface area contributed by atoms with Gasteiger partial charge in [-0.3, -0.25) is 0 Å². The van der Waals surface area contributed by atoms with Crippen molar-refractivity contribution in [3.63, 3.8) is 0 Å². The lowest BCUT2D eigenvalue weighted by Gasteiger charge is -2.01. The molecule has 0 aliphatic carbocycles. The summed E-state index contributed by atoms with van der Waals surface area (Å²) in [5, 5.41) is 7.36. The molecule has 0 saturated heterocycles. The lowest BCUT2D eigenvalue weighted by Crippen LogP contribution is -1.96. The Hall–Kier alpha value is -1.62. The Morgan fingerprint density at radius 3 is 2.60 bits per heavy atom. The molecule has 0 amide bonds. The Morgan fingerprint density at radius 1 is 1.33 bits per heavy atom. The molecule has 1 heterocycles. The second-order valence-electron chi connectivity index (χ2n) is 3.07. The van der Waals surface area contributed by atoms with Crippen LogP contribution < -0.4 is 5.73 Å². The smallest absolute Gasteiger partial charge is 0.166 e. The topological polar surface area (TPSA) is 56.7 Å². The van der Waals surface area contributed by atoms with Crippen LogP contribution >= 0.6 is 12.4 Å². The number of aromatic nitrogens is 3. The zero-order valence-corrected chi connectivity index (χ0v) is 8.83. The van der Waals surface area contributed by atoms with E-state index in [1.807, 2.05) is 6.92 Å². The number of benzene rings is 1. The first kappa shape index (κ1) is 11.5. The average Bonchev–Trinajstić information content (AvgIpc) is 2.50. The standard InChI is InChI=1S/C9H9FN4.ClH/c1-6-2-7(10)4-8(3-6)14-5-9(11)12-13-14;/h2-5H,11H2,1H3;1H. The van der Waals surface area contributed by atoms with Gasteiger partial charge >= 0.3 is 0 Å². The number of nitrogen functional groups attached to an aromatic ring is 1. The molecule has 1 aromatic carbocycles. The van der Waals surface area contributed by atoms with Gasteiger partial charge in [-0.2, -0.15) is 0 Å². The number of hydrogen-bond donors (Lipinski definition) is 1. The molecule has 4 nitrogen and oxygen atoms in total. The molecule has 1 aromatic heterocycles. The van der Waals surface area contributed by atoms with E-state index in [1.54, 1.807) is 6.07 Å². The van der Waals surface area contributed by atoms with Crippen LogP contribution in [0.5, 0.6) is 0 Å². The van der Waals surface area contributed by atoms with E-state index in [0.29, 0.717) is 11.5 Å². The van der Waals surface area contributed by atoms with Crippen LogP contribution in [0.1, 0.15) is 5.56 Å². The van der Waals surface area contributed by atoms with Gasteiger partial charge in [-0.1, -0.05) is 5.21 Å². The van der Waals surface area contributed by atoms with Crippen LogP contribution in [0.15, 0.2) is 24.4 Å². The van der Waals surface area contributed by atoms with Crippen LogP contribution in [0, 0.1) is 12.7 Å². The molecule has 0 fully saturated rings. The minimum atomic E-state index is -0.297. The van der Waals surface area contributed by atoms with Gasteiger partial charge in [0.25, 0.3) is 0 Å². The van der Waals surface area contributed by atoms with Crippen molar-refractivity contribution in [2.24, 2.45) is 0 Å². The first-order chi connectivity index (χ1) is 6.65. The number of halogens is 2. The predicted octanol–water partition coefficient (Wildman–Crippen LogP) is 1.72. The Kier molecular flexibility index (Phi) is 3.26. The summed E-state index contributed by atoms with van der Waals surface area (Å²) >= 11 is 0. The molecule has 0 aliphatic rings. The number of anilines is 1.